The average molecular weight is 269 g/mol. The second-order valence-electron chi connectivity index (χ2n) is 4.27. The van der Waals surface area contributed by atoms with Crippen LogP contribution in [-0.4, -0.2) is 0 Å². The second-order valence-corrected chi connectivity index (χ2v) is 5.18. The minimum atomic E-state index is -0.0781. The predicted octanol–water partition coefficient (Wildman–Crippen LogP) is 4.57. The first kappa shape index (κ1) is 10.9. The second kappa shape index (κ2) is 4.09. The summed E-state index contributed by atoms with van der Waals surface area (Å²) in [6.45, 7) is 4.31. The molecule has 0 aromatic heterocycles. The van der Waals surface area contributed by atoms with E-state index in [1.165, 1.54) is 5.57 Å². The SMILES string of the molecule is CC(C)C1=CCCc2c(F)cc(Br)cc21. The molecule has 0 N–H and O–H groups in total. The monoisotopic (exact) mass is 268 g/mol. The Bertz CT molecular complexity index is 419. The van der Waals surface area contributed by atoms with Gasteiger partial charge in [-0.1, -0.05) is 35.9 Å². The third-order valence-electron chi connectivity index (χ3n) is 2.85. The predicted molar refractivity (Wildman–Crippen MR) is 65.2 cm³/mol. The molecule has 0 saturated heterocycles. The molecule has 0 spiro atoms. The average Bonchev–Trinajstić information content (AvgIpc) is 2.16. The summed E-state index contributed by atoms with van der Waals surface area (Å²) in [4.78, 5) is 0. The molecule has 1 aliphatic carbocycles. The van der Waals surface area contributed by atoms with Crippen LogP contribution in [0.25, 0.3) is 5.57 Å². The molecular formula is C13H14BrF. The minimum absolute atomic E-state index is 0.0781. The van der Waals surface area contributed by atoms with Gasteiger partial charge in [-0.05, 0) is 47.6 Å². The summed E-state index contributed by atoms with van der Waals surface area (Å²) in [5.74, 6) is 0.378. The standard InChI is InChI=1S/C13H14BrF/c1-8(2)10-4-3-5-11-12(10)6-9(14)7-13(11)15/h4,6-8H,3,5H2,1-2H3. The van der Waals surface area contributed by atoms with Crippen LogP contribution >= 0.6 is 15.9 Å². The Balaban J connectivity index is 2.59. The van der Waals surface area contributed by atoms with Crippen LogP contribution in [0.1, 0.15) is 31.4 Å². The molecule has 0 aliphatic heterocycles. The highest BCUT2D eigenvalue weighted by Crippen LogP contribution is 2.34. The van der Waals surface area contributed by atoms with Crippen molar-refractivity contribution in [2.45, 2.75) is 26.7 Å². The quantitative estimate of drug-likeness (QED) is 0.700. The Hall–Kier alpha value is -0.630. The van der Waals surface area contributed by atoms with Crippen LogP contribution in [-0.2, 0) is 6.42 Å². The van der Waals surface area contributed by atoms with Gasteiger partial charge in [0, 0.05) is 4.47 Å². The molecule has 0 atom stereocenters. The highest BCUT2D eigenvalue weighted by molar-refractivity contribution is 9.10. The first-order chi connectivity index (χ1) is 7.09. The summed E-state index contributed by atoms with van der Waals surface area (Å²) >= 11 is 3.35. The van der Waals surface area contributed by atoms with Crippen molar-refractivity contribution in [3.05, 3.63) is 39.6 Å². The smallest absolute Gasteiger partial charge is 0.128 e. The number of allylic oxidation sites excluding steroid dienone is 2. The Morgan fingerprint density at radius 1 is 1.33 bits per heavy atom. The number of hydrogen-bond donors (Lipinski definition) is 0. The van der Waals surface area contributed by atoms with E-state index in [2.05, 4.69) is 35.9 Å². The van der Waals surface area contributed by atoms with Crippen LogP contribution in [0.15, 0.2) is 22.7 Å². The molecule has 80 valence electrons. The molecule has 2 rings (SSSR count). The van der Waals surface area contributed by atoms with E-state index < -0.39 is 0 Å². The number of halogens is 2. The number of hydrogen-bond acceptors (Lipinski definition) is 0. The fourth-order valence-electron chi connectivity index (χ4n) is 2.14. The van der Waals surface area contributed by atoms with E-state index in [0.717, 1.165) is 28.4 Å². The van der Waals surface area contributed by atoms with E-state index in [1.807, 2.05) is 6.07 Å². The van der Waals surface area contributed by atoms with Gasteiger partial charge < -0.3 is 0 Å². The molecule has 0 unspecified atom stereocenters. The van der Waals surface area contributed by atoms with E-state index in [-0.39, 0.29) is 5.82 Å². The van der Waals surface area contributed by atoms with E-state index in [1.54, 1.807) is 6.07 Å². The van der Waals surface area contributed by atoms with Gasteiger partial charge in [-0.2, -0.15) is 0 Å². The van der Waals surface area contributed by atoms with Crippen LogP contribution < -0.4 is 0 Å². The Kier molecular flexibility index (Phi) is 2.96. The van der Waals surface area contributed by atoms with Crippen LogP contribution in [0, 0.1) is 11.7 Å². The molecule has 1 aromatic rings. The topological polar surface area (TPSA) is 0 Å². The van der Waals surface area contributed by atoms with Crippen molar-refractivity contribution in [1.82, 2.24) is 0 Å². The lowest BCUT2D eigenvalue weighted by molar-refractivity contribution is 0.605. The molecule has 0 radical (unpaired) electrons. The molecule has 0 nitrogen and oxygen atoms in total. The summed E-state index contributed by atoms with van der Waals surface area (Å²) in [7, 11) is 0. The molecule has 15 heavy (non-hydrogen) atoms. The van der Waals surface area contributed by atoms with Crippen molar-refractivity contribution in [1.29, 1.82) is 0 Å². The third kappa shape index (κ3) is 2.00. The van der Waals surface area contributed by atoms with Gasteiger partial charge in [0.2, 0.25) is 0 Å². The van der Waals surface area contributed by atoms with Gasteiger partial charge in [0.05, 0.1) is 0 Å². The Morgan fingerprint density at radius 3 is 2.73 bits per heavy atom. The highest BCUT2D eigenvalue weighted by Gasteiger charge is 2.18. The summed E-state index contributed by atoms with van der Waals surface area (Å²) in [5, 5.41) is 0. The van der Waals surface area contributed by atoms with Crippen LogP contribution in [0.3, 0.4) is 0 Å². The molecule has 0 saturated carbocycles. The molecule has 2 heteroatoms. The number of fused-ring (bicyclic) bond motifs is 1. The normalized spacial score (nSPS) is 15.1. The van der Waals surface area contributed by atoms with Gasteiger partial charge >= 0.3 is 0 Å². The first-order valence-corrected chi connectivity index (χ1v) is 6.07. The van der Waals surface area contributed by atoms with Gasteiger partial charge in [-0.3, -0.25) is 0 Å². The highest BCUT2D eigenvalue weighted by atomic mass is 79.9. The molecule has 0 amide bonds. The number of rotatable bonds is 1. The van der Waals surface area contributed by atoms with Crippen molar-refractivity contribution in [3.63, 3.8) is 0 Å². The van der Waals surface area contributed by atoms with E-state index in [4.69, 9.17) is 0 Å². The van der Waals surface area contributed by atoms with E-state index in [0.29, 0.717) is 5.92 Å². The fraction of sp³-hybridized carbons (Fsp3) is 0.385. The van der Waals surface area contributed by atoms with E-state index >= 15 is 0 Å². The maximum absolute atomic E-state index is 13.7. The van der Waals surface area contributed by atoms with Crippen molar-refractivity contribution >= 4 is 21.5 Å². The lowest BCUT2D eigenvalue weighted by Crippen LogP contribution is -2.06. The van der Waals surface area contributed by atoms with E-state index in [9.17, 15) is 4.39 Å². The summed E-state index contributed by atoms with van der Waals surface area (Å²) in [6.07, 6.45) is 4.02. The summed E-state index contributed by atoms with van der Waals surface area (Å²) < 4.78 is 14.5. The Labute approximate surface area is 98.3 Å². The van der Waals surface area contributed by atoms with Gasteiger partial charge in [-0.15, -0.1) is 0 Å². The fourth-order valence-corrected chi connectivity index (χ4v) is 2.57. The zero-order valence-electron chi connectivity index (χ0n) is 8.98. The lowest BCUT2D eigenvalue weighted by atomic mass is 9.85. The maximum atomic E-state index is 13.7. The molecule has 1 aromatic carbocycles. The maximum Gasteiger partial charge on any atom is 0.128 e. The van der Waals surface area contributed by atoms with Crippen LogP contribution in [0.5, 0.6) is 0 Å². The third-order valence-corrected chi connectivity index (χ3v) is 3.31. The first-order valence-electron chi connectivity index (χ1n) is 5.28. The molecule has 0 fully saturated rings. The van der Waals surface area contributed by atoms with Crippen molar-refractivity contribution in [2.75, 3.05) is 0 Å². The van der Waals surface area contributed by atoms with Gasteiger partial charge in [0.15, 0.2) is 0 Å². The zero-order valence-corrected chi connectivity index (χ0v) is 10.6. The molecular weight excluding hydrogens is 255 g/mol. The minimum Gasteiger partial charge on any atom is -0.207 e. The summed E-state index contributed by atoms with van der Waals surface area (Å²) in [6, 6.07) is 3.59. The largest absolute Gasteiger partial charge is 0.207 e. The van der Waals surface area contributed by atoms with Gasteiger partial charge in [0.1, 0.15) is 5.82 Å². The van der Waals surface area contributed by atoms with Crippen molar-refractivity contribution in [3.8, 4) is 0 Å². The Morgan fingerprint density at radius 2 is 2.07 bits per heavy atom. The molecule has 0 heterocycles. The van der Waals surface area contributed by atoms with Crippen molar-refractivity contribution < 1.29 is 4.39 Å². The number of benzene rings is 1. The zero-order chi connectivity index (χ0) is 11.0. The van der Waals surface area contributed by atoms with Crippen LogP contribution in [0.4, 0.5) is 4.39 Å². The van der Waals surface area contributed by atoms with Gasteiger partial charge in [0.25, 0.3) is 0 Å². The van der Waals surface area contributed by atoms with Gasteiger partial charge in [-0.25, -0.2) is 4.39 Å². The van der Waals surface area contributed by atoms with Crippen molar-refractivity contribution in [2.24, 2.45) is 5.92 Å². The molecule has 0 bridgehead atoms. The van der Waals surface area contributed by atoms with Crippen LogP contribution in [0.2, 0.25) is 0 Å². The molecule has 1 aliphatic rings. The summed E-state index contributed by atoms with van der Waals surface area (Å²) in [5.41, 5.74) is 3.24. The lowest BCUT2D eigenvalue weighted by Gasteiger charge is -2.21.